The maximum absolute atomic E-state index is 14.1. The molecule has 0 aliphatic carbocycles. The number of aliphatic carboxylic acids is 1. The first-order valence-electron chi connectivity index (χ1n) is 23.0. The average Bonchev–Trinajstić information content (AvgIpc) is 3.28. The van der Waals surface area contributed by atoms with Gasteiger partial charge in [0.25, 0.3) is 0 Å². The Bertz CT molecular complexity index is 1930. The van der Waals surface area contributed by atoms with Crippen molar-refractivity contribution in [2.75, 3.05) is 41.5 Å². The summed E-state index contributed by atoms with van der Waals surface area (Å²) >= 11 is 0. The highest BCUT2D eigenvalue weighted by Crippen LogP contribution is 2.39. The number of aliphatic hydroxyl groups is 1. The van der Waals surface area contributed by atoms with E-state index in [2.05, 4.69) is 28.2 Å². The summed E-state index contributed by atoms with van der Waals surface area (Å²) in [4.78, 5) is 94.9. The smallest absolute Gasteiger partial charge is 0.326 e. The molecule has 1 aliphatic rings. The molecule has 17 heteroatoms. The number of nitrogens with zero attached hydrogens (tertiary/aromatic N) is 2. The summed E-state index contributed by atoms with van der Waals surface area (Å²) in [6, 6.07) is 3.51. The number of methoxy groups -OCH3 is 2. The van der Waals surface area contributed by atoms with Gasteiger partial charge in [0.1, 0.15) is 41.7 Å². The summed E-state index contributed by atoms with van der Waals surface area (Å²) in [5, 5.41) is 30.1. The van der Waals surface area contributed by atoms with E-state index in [1.54, 1.807) is 36.4 Å². The van der Waals surface area contributed by atoms with Crippen LogP contribution in [0, 0.1) is 0 Å². The molecular formula is C48H72N6O11. The lowest BCUT2D eigenvalue weighted by Gasteiger charge is -2.30. The van der Waals surface area contributed by atoms with Gasteiger partial charge in [-0.1, -0.05) is 96.1 Å². The number of amides is 6. The van der Waals surface area contributed by atoms with Crippen LogP contribution in [0.1, 0.15) is 128 Å². The molecule has 17 nitrogen and oxygen atoms in total. The highest BCUT2D eigenvalue weighted by molar-refractivity contribution is 5.96. The standard InChI is InChI=1S/C48H72N6O11/c1-8-9-10-11-12-13-14-15-16-17-18-19-20-21-41(56)53(4)38(30-55)46(60)50-31(2)44(58)49-29-42(57)54(5)43-34-23-25-40(65-7)36(28-34)35-26-33(22-24-39(35)64-6)27-37(48(62)63)52-45(59)32(3)51-47(43)61/h22-26,28,31-32,37-38,43,55H,8-21,27,29-30H2,1-7H3,(H,49,58)(H,50,60)(H,51,61)(H,52,59)(H,62,63). The lowest BCUT2D eigenvalue weighted by Crippen LogP contribution is -2.55. The monoisotopic (exact) mass is 909 g/mol. The lowest BCUT2D eigenvalue weighted by molar-refractivity contribution is -0.143. The summed E-state index contributed by atoms with van der Waals surface area (Å²) < 4.78 is 11.3. The second kappa shape index (κ2) is 27.6. The molecular weight excluding hydrogens is 837 g/mol. The van der Waals surface area contributed by atoms with Gasteiger partial charge in [-0.05, 0) is 55.7 Å². The Hall–Kier alpha value is -5.71. The van der Waals surface area contributed by atoms with Crippen molar-refractivity contribution in [3.63, 3.8) is 0 Å². The molecule has 4 bridgehead atoms. The number of carbonyl (C=O) groups excluding carboxylic acids is 6. The van der Waals surface area contributed by atoms with Crippen LogP contribution in [0.4, 0.5) is 0 Å². The number of ether oxygens (including phenoxy) is 2. The fraction of sp³-hybridized carbons (Fsp3) is 0.604. The number of benzene rings is 2. The number of nitrogens with one attached hydrogen (secondary N) is 4. The molecule has 2 aromatic rings. The topological polar surface area (TPSA) is 233 Å². The Morgan fingerprint density at radius 1 is 0.769 bits per heavy atom. The number of rotatable bonds is 25. The number of fused-ring (bicyclic) bond motifs is 5. The third-order valence-corrected chi connectivity index (χ3v) is 11.9. The number of carboxylic acids is 1. The van der Waals surface area contributed by atoms with Crippen LogP contribution in [0.2, 0.25) is 0 Å². The third kappa shape index (κ3) is 16.3. The molecule has 0 spiro atoms. The van der Waals surface area contributed by atoms with Crippen molar-refractivity contribution in [3.8, 4) is 22.6 Å². The molecule has 0 fully saturated rings. The minimum Gasteiger partial charge on any atom is -0.496 e. The molecule has 360 valence electrons. The van der Waals surface area contributed by atoms with Crippen LogP contribution in [-0.4, -0.2) is 127 Å². The van der Waals surface area contributed by atoms with E-state index in [0.29, 0.717) is 40.2 Å². The summed E-state index contributed by atoms with van der Waals surface area (Å²) in [6.07, 6.45) is 15.3. The van der Waals surface area contributed by atoms with Crippen molar-refractivity contribution in [1.29, 1.82) is 0 Å². The van der Waals surface area contributed by atoms with Crippen molar-refractivity contribution in [2.24, 2.45) is 0 Å². The van der Waals surface area contributed by atoms with Gasteiger partial charge < -0.3 is 50.8 Å². The zero-order valence-corrected chi connectivity index (χ0v) is 39.3. The van der Waals surface area contributed by atoms with E-state index >= 15 is 0 Å². The van der Waals surface area contributed by atoms with E-state index in [-0.39, 0.29) is 18.7 Å². The fourth-order valence-electron chi connectivity index (χ4n) is 7.83. The van der Waals surface area contributed by atoms with Crippen LogP contribution in [0.3, 0.4) is 0 Å². The van der Waals surface area contributed by atoms with Crippen LogP contribution >= 0.6 is 0 Å². The molecule has 1 heterocycles. The molecule has 0 aromatic heterocycles. The van der Waals surface area contributed by atoms with E-state index < -0.39 is 78.9 Å². The van der Waals surface area contributed by atoms with E-state index in [0.717, 1.165) is 24.2 Å². The average molecular weight is 909 g/mol. The Morgan fingerprint density at radius 3 is 1.88 bits per heavy atom. The highest BCUT2D eigenvalue weighted by Gasteiger charge is 2.34. The quantitative estimate of drug-likeness (QED) is 0.0764. The number of carboxylic acid groups (broad SMARTS) is 1. The normalized spacial score (nSPS) is 17.0. The molecule has 65 heavy (non-hydrogen) atoms. The number of hydrogen-bond acceptors (Lipinski definition) is 10. The van der Waals surface area contributed by atoms with Crippen LogP contribution < -0.4 is 30.7 Å². The molecule has 0 saturated carbocycles. The Morgan fingerprint density at radius 2 is 1.32 bits per heavy atom. The summed E-state index contributed by atoms with van der Waals surface area (Å²) in [7, 11) is 5.70. The number of unbranched alkanes of at least 4 members (excludes halogenated alkanes) is 12. The van der Waals surface area contributed by atoms with Gasteiger partial charge in [-0.3, -0.25) is 28.8 Å². The van der Waals surface area contributed by atoms with Gasteiger partial charge in [0, 0.05) is 38.1 Å². The van der Waals surface area contributed by atoms with Crippen molar-refractivity contribution < 1.29 is 53.2 Å². The summed E-state index contributed by atoms with van der Waals surface area (Å²) in [5.41, 5.74) is 1.83. The molecule has 0 radical (unpaired) electrons. The van der Waals surface area contributed by atoms with Gasteiger partial charge in [0.2, 0.25) is 35.4 Å². The first kappa shape index (κ1) is 53.6. The van der Waals surface area contributed by atoms with Gasteiger partial charge in [0.05, 0.1) is 27.4 Å². The molecule has 5 unspecified atom stereocenters. The molecule has 6 amide bonds. The van der Waals surface area contributed by atoms with Gasteiger partial charge in [-0.25, -0.2) is 4.79 Å². The van der Waals surface area contributed by atoms with Gasteiger partial charge in [-0.2, -0.15) is 0 Å². The van der Waals surface area contributed by atoms with Crippen molar-refractivity contribution >= 4 is 41.4 Å². The molecule has 3 rings (SSSR count). The zero-order chi connectivity index (χ0) is 48.1. The number of carbonyl (C=O) groups is 7. The Labute approximate surface area is 383 Å². The molecule has 1 aliphatic heterocycles. The van der Waals surface area contributed by atoms with Crippen molar-refractivity contribution in [1.82, 2.24) is 31.1 Å². The van der Waals surface area contributed by atoms with Crippen LogP contribution in [0.15, 0.2) is 36.4 Å². The maximum atomic E-state index is 14.1. The lowest BCUT2D eigenvalue weighted by atomic mass is 9.93. The molecule has 6 N–H and O–H groups in total. The first-order valence-corrected chi connectivity index (χ1v) is 23.0. The van der Waals surface area contributed by atoms with E-state index in [1.165, 1.54) is 105 Å². The minimum atomic E-state index is -1.37. The van der Waals surface area contributed by atoms with Crippen LogP contribution in [0.5, 0.6) is 11.5 Å². The zero-order valence-electron chi connectivity index (χ0n) is 39.3. The number of hydrogen-bond donors (Lipinski definition) is 6. The van der Waals surface area contributed by atoms with Gasteiger partial charge in [-0.15, -0.1) is 0 Å². The summed E-state index contributed by atoms with van der Waals surface area (Å²) in [6.45, 7) is 3.73. The summed E-state index contributed by atoms with van der Waals surface area (Å²) in [5.74, 6) is -4.55. The van der Waals surface area contributed by atoms with Crippen LogP contribution in [-0.2, 0) is 40.0 Å². The molecule has 2 aromatic carbocycles. The largest absolute Gasteiger partial charge is 0.496 e. The van der Waals surface area contributed by atoms with Crippen molar-refractivity contribution in [2.45, 2.75) is 147 Å². The van der Waals surface area contributed by atoms with Gasteiger partial charge >= 0.3 is 5.97 Å². The highest BCUT2D eigenvalue weighted by atomic mass is 16.5. The SMILES string of the molecule is CCCCCCCCCCCCCCCC(=O)N(C)C(CO)C(=O)NC(C)C(=O)NCC(=O)N(C)C1C(=O)NC(C)C(=O)NC(C(=O)O)Cc2ccc(OC)c(c2)-c2cc1ccc2OC. The molecule has 5 atom stereocenters. The maximum Gasteiger partial charge on any atom is 0.326 e. The Kier molecular flexibility index (Phi) is 22.8. The molecule has 0 saturated heterocycles. The van der Waals surface area contributed by atoms with E-state index in [9.17, 15) is 43.8 Å². The third-order valence-electron chi connectivity index (χ3n) is 11.9. The second-order valence-electron chi connectivity index (χ2n) is 16.9. The van der Waals surface area contributed by atoms with Crippen LogP contribution in [0.25, 0.3) is 11.1 Å². The predicted molar refractivity (Wildman–Crippen MR) is 246 cm³/mol. The van der Waals surface area contributed by atoms with E-state index in [1.807, 2.05) is 0 Å². The van der Waals surface area contributed by atoms with Gasteiger partial charge in [0.15, 0.2) is 0 Å². The number of aliphatic hydroxyl groups excluding tert-OH is 1. The minimum absolute atomic E-state index is 0.0765. The van der Waals surface area contributed by atoms with E-state index in [4.69, 9.17) is 9.47 Å². The number of likely N-dealkylation sites (N-methyl/N-ethyl adjacent to an activating group) is 2. The Balaban J connectivity index is 1.64. The first-order chi connectivity index (χ1) is 31.1. The second-order valence-corrected chi connectivity index (χ2v) is 16.9. The predicted octanol–water partition coefficient (Wildman–Crippen LogP) is 4.42. The fourth-order valence-corrected chi connectivity index (χ4v) is 7.83. The van der Waals surface area contributed by atoms with Crippen molar-refractivity contribution in [3.05, 3.63) is 47.5 Å².